The number of carbonyl (C=O) groups excluding carboxylic acids is 1. The minimum absolute atomic E-state index is 0.0598. The number of rotatable bonds is 2. The fourth-order valence-corrected chi connectivity index (χ4v) is 3.48. The van der Waals surface area contributed by atoms with E-state index in [4.69, 9.17) is 5.11 Å². The van der Waals surface area contributed by atoms with Gasteiger partial charge < -0.3 is 10.0 Å². The molecular weight excluding hydrogens is 242 g/mol. The minimum Gasteiger partial charge on any atom is -0.481 e. The quantitative estimate of drug-likeness (QED) is 0.836. The van der Waals surface area contributed by atoms with Crippen LogP contribution in [0.3, 0.4) is 0 Å². The van der Waals surface area contributed by atoms with E-state index in [0.717, 1.165) is 38.6 Å². The standard InChI is InChI=1S/C15H25NO3/c1-11-6-3-2-4-9-16(11)14(17)12-7-5-8-13(10-12)15(18)19/h11-13H,2-10H2,1H3,(H,18,19). The van der Waals surface area contributed by atoms with E-state index in [1.807, 2.05) is 4.90 Å². The molecule has 1 saturated carbocycles. The first-order valence-corrected chi connectivity index (χ1v) is 7.63. The van der Waals surface area contributed by atoms with Gasteiger partial charge in [-0.15, -0.1) is 0 Å². The molecule has 19 heavy (non-hydrogen) atoms. The molecule has 2 fully saturated rings. The Bertz CT molecular complexity index is 342. The number of carboxylic acid groups (broad SMARTS) is 1. The third-order valence-corrected chi connectivity index (χ3v) is 4.71. The maximum absolute atomic E-state index is 12.6. The van der Waals surface area contributed by atoms with Crippen LogP contribution in [0.4, 0.5) is 0 Å². The van der Waals surface area contributed by atoms with Crippen LogP contribution in [0, 0.1) is 11.8 Å². The average molecular weight is 267 g/mol. The van der Waals surface area contributed by atoms with Gasteiger partial charge in [0.1, 0.15) is 0 Å². The first-order valence-electron chi connectivity index (χ1n) is 7.63. The molecule has 108 valence electrons. The van der Waals surface area contributed by atoms with Crippen molar-refractivity contribution >= 4 is 11.9 Å². The van der Waals surface area contributed by atoms with Gasteiger partial charge in [0.05, 0.1) is 5.92 Å². The Kier molecular flexibility index (Phi) is 4.83. The molecule has 0 radical (unpaired) electrons. The predicted molar refractivity (Wildman–Crippen MR) is 72.7 cm³/mol. The molecule has 0 spiro atoms. The van der Waals surface area contributed by atoms with Crippen LogP contribution in [0.25, 0.3) is 0 Å². The Morgan fingerprint density at radius 2 is 1.74 bits per heavy atom. The minimum atomic E-state index is -0.735. The van der Waals surface area contributed by atoms with Gasteiger partial charge in [0.25, 0.3) is 0 Å². The fraction of sp³-hybridized carbons (Fsp3) is 0.867. The van der Waals surface area contributed by atoms with Gasteiger partial charge in [-0.1, -0.05) is 19.3 Å². The molecule has 1 N–H and O–H groups in total. The van der Waals surface area contributed by atoms with Crippen LogP contribution in [-0.4, -0.2) is 34.5 Å². The van der Waals surface area contributed by atoms with Crippen molar-refractivity contribution in [3.8, 4) is 0 Å². The molecule has 0 aromatic rings. The van der Waals surface area contributed by atoms with Crippen molar-refractivity contribution in [3.63, 3.8) is 0 Å². The van der Waals surface area contributed by atoms with Gasteiger partial charge >= 0.3 is 5.97 Å². The second-order valence-electron chi connectivity index (χ2n) is 6.13. The van der Waals surface area contributed by atoms with E-state index in [-0.39, 0.29) is 17.7 Å². The monoisotopic (exact) mass is 267 g/mol. The lowest BCUT2D eigenvalue weighted by atomic mass is 9.80. The van der Waals surface area contributed by atoms with E-state index in [1.165, 1.54) is 12.8 Å². The highest BCUT2D eigenvalue weighted by Gasteiger charge is 2.34. The smallest absolute Gasteiger partial charge is 0.306 e. The van der Waals surface area contributed by atoms with Gasteiger partial charge in [-0.25, -0.2) is 0 Å². The fourth-order valence-electron chi connectivity index (χ4n) is 3.48. The third-order valence-electron chi connectivity index (χ3n) is 4.71. The normalized spacial score (nSPS) is 32.7. The SMILES string of the molecule is CC1CCCCCN1C(=O)C1CCCC(C(=O)O)C1. The topological polar surface area (TPSA) is 57.6 Å². The second-order valence-corrected chi connectivity index (χ2v) is 6.13. The number of amides is 1. The Hall–Kier alpha value is -1.06. The summed E-state index contributed by atoms with van der Waals surface area (Å²) in [6.45, 7) is 2.98. The van der Waals surface area contributed by atoms with Crippen molar-refractivity contribution in [2.24, 2.45) is 11.8 Å². The average Bonchev–Trinajstić information content (AvgIpc) is 2.63. The first kappa shape index (κ1) is 14.4. The highest BCUT2D eigenvalue weighted by Crippen LogP contribution is 2.32. The zero-order valence-corrected chi connectivity index (χ0v) is 11.8. The van der Waals surface area contributed by atoms with Crippen molar-refractivity contribution < 1.29 is 14.7 Å². The summed E-state index contributed by atoms with van der Waals surface area (Å²) in [5.41, 5.74) is 0. The van der Waals surface area contributed by atoms with E-state index < -0.39 is 5.97 Å². The van der Waals surface area contributed by atoms with Crippen LogP contribution in [0.15, 0.2) is 0 Å². The number of nitrogens with zero attached hydrogens (tertiary/aromatic N) is 1. The molecule has 1 saturated heterocycles. The van der Waals surface area contributed by atoms with Crippen LogP contribution >= 0.6 is 0 Å². The molecule has 3 unspecified atom stereocenters. The van der Waals surface area contributed by atoms with Crippen molar-refractivity contribution in [2.45, 2.75) is 64.3 Å². The lowest BCUT2D eigenvalue weighted by Crippen LogP contribution is -2.43. The first-order chi connectivity index (χ1) is 9.09. The van der Waals surface area contributed by atoms with Crippen LogP contribution in [0.5, 0.6) is 0 Å². The molecule has 0 aromatic heterocycles. The van der Waals surface area contributed by atoms with E-state index >= 15 is 0 Å². The molecule has 0 aromatic carbocycles. The van der Waals surface area contributed by atoms with Gasteiger partial charge in [0.15, 0.2) is 0 Å². The Balaban J connectivity index is 1.99. The van der Waals surface area contributed by atoms with Crippen molar-refractivity contribution in [3.05, 3.63) is 0 Å². The molecule has 4 heteroatoms. The predicted octanol–water partition coefficient (Wildman–Crippen LogP) is 2.67. The van der Waals surface area contributed by atoms with Crippen molar-refractivity contribution in [1.82, 2.24) is 4.90 Å². The van der Waals surface area contributed by atoms with Crippen LogP contribution < -0.4 is 0 Å². The van der Waals surface area contributed by atoms with E-state index in [1.54, 1.807) is 0 Å². The van der Waals surface area contributed by atoms with Crippen LogP contribution in [0.2, 0.25) is 0 Å². The lowest BCUT2D eigenvalue weighted by molar-refractivity contribution is -0.146. The zero-order chi connectivity index (χ0) is 13.8. The van der Waals surface area contributed by atoms with Crippen molar-refractivity contribution in [1.29, 1.82) is 0 Å². The Morgan fingerprint density at radius 1 is 1.00 bits per heavy atom. The molecule has 3 atom stereocenters. The number of carboxylic acids is 1. The van der Waals surface area contributed by atoms with Gasteiger partial charge in [-0.2, -0.15) is 0 Å². The van der Waals surface area contributed by atoms with E-state index in [0.29, 0.717) is 12.5 Å². The largest absolute Gasteiger partial charge is 0.481 e. The molecular formula is C15H25NO3. The highest BCUT2D eigenvalue weighted by atomic mass is 16.4. The van der Waals surface area contributed by atoms with Crippen LogP contribution in [0.1, 0.15) is 58.3 Å². The van der Waals surface area contributed by atoms with Crippen LogP contribution in [-0.2, 0) is 9.59 Å². The summed E-state index contributed by atoms with van der Waals surface area (Å²) in [7, 11) is 0. The lowest BCUT2D eigenvalue weighted by Gasteiger charge is -2.34. The van der Waals surface area contributed by atoms with Crippen molar-refractivity contribution in [2.75, 3.05) is 6.54 Å². The maximum atomic E-state index is 12.6. The van der Waals surface area contributed by atoms with Gasteiger partial charge in [0, 0.05) is 18.5 Å². The zero-order valence-electron chi connectivity index (χ0n) is 11.8. The number of carbonyl (C=O) groups is 2. The Labute approximate surface area is 115 Å². The summed E-state index contributed by atoms with van der Waals surface area (Å²) in [6.07, 6.45) is 7.59. The molecule has 2 aliphatic rings. The molecule has 1 aliphatic carbocycles. The molecule has 1 heterocycles. The number of hydrogen-bond acceptors (Lipinski definition) is 2. The Morgan fingerprint density at radius 3 is 2.47 bits per heavy atom. The molecule has 4 nitrogen and oxygen atoms in total. The van der Waals surface area contributed by atoms with Gasteiger partial charge in [-0.3, -0.25) is 9.59 Å². The summed E-state index contributed by atoms with van der Waals surface area (Å²) in [5.74, 6) is -0.901. The summed E-state index contributed by atoms with van der Waals surface area (Å²) < 4.78 is 0. The molecule has 2 rings (SSSR count). The maximum Gasteiger partial charge on any atom is 0.306 e. The summed E-state index contributed by atoms with van der Waals surface area (Å²) in [5, 5.41) is 9.12. The number of hydrogen-bond donors (Lipinski definition) is 1. The van der Waals surface area contributed by atoms with Gasteiger partial charge in [0.2, 0.25) is 5.91 Å². The van der Waals surface area contributed by atoms with E-state index in [2.05, 4.69) is 6.92 Å². The number of aliphatic carboxylic acids is 1. The molecule has 1 amide bonds. The van der Waals surface area contributed by atoms with E-state index in [9.17, 15) is 9.59 Å². The van der Waals surface area contributed by atoms with Gasteiger partial charge in [-0.05, 0) is 39.0 Å². The summed E-state index contributed by atoms with van der Waals surface area (Å²) in [4.78, 5) is 25.7. The number of likely N-dealkylation sites (tertiary alicyclic amines) is 1. The third kappa shape index (κ3) is 3.48. The second kappa shape index (κ2) is 6.40. The summed E-state index contributed by atoms with van der Waals surface area (Å²) in [6, 6.07) is 0.320. The summed E-state index contributed by atoms with van der Waals surface area (Å²) >= 11 is 0. The highest BCUT2D eigenvalue weighted by molar-refractivity contribution is 5.80. The molecule has 1 aliphatic heterocycles. The molecule has 0 bridgehead atoms.